The van der Waals surface area contributed by atoms with Crippen LogP contribution in [-0.2, 0) is 32.7 Å². The van der Waals surface area contributed by atoms with Gasteiger partial charge in [0.2, 0.25) is 0 Å². The van der Waals surface area contributed by atoms with Crippen LogP contribution in [0.5, 0.6) is 0 Å². The van der Waals surface area contributed by atoms with E-state index >= 15 is 0 Å². The zero-order chi connectivity index (χ0) is 39.6. The van der Waals surface area contributed by atoms with Crippen LogP contribution in [0.15, 0.2) is 60.8 Å². The predicted octanol–water partition coefficient (Wildman–Crippen LogP) is 12.1. The van der Waals surface area contributed by atoms with Gasteiger partial charge in [0.1, 0.15) is 6.61 Å². The minimum Gasteiger partial charge on any atom is -0.462 e. The monoisotopic (exact) mass is 780 g/mol. The summed E-state index contributed by atoms with van der Waals surface area (Å²) in [6.07, 6.45) is 46.9. The molecule has 54 heavy (non-hydrogen) atoms. The van der Waals surface area contributed by atoms with Crippen molar-refractivity contribution in [3.8, 4) is 0 Å². The van der Waals surface area contributed by atoms with E-state index in [9.17, 15) is 19.0 Å². The summed E-state index contributed by atoms with van der Waals surface area (Å²) in [5, 5.41) is 0. The minimum absolute atomic E-state index is 0.0428. The number of phosphoric acid groups is 1. The summed E-state index contributed by atoms with van der Waals surface area (Å²) in [6.45, 7) is 3.55. The highest BCUT2D eigenvalue weighted by Gasteiger charge is 2.25. The Morgan fingerprint density at radius 3 is 1.50 bits per heavy atom. The van der Waals surface area contributed by atoms with Crippen LogP contribution in [-0.4, -0.2) is 49.3 Å². The molecule has 1 unspecified atom stereocenters. The quantitative estimate of drug-likeness (QED) is 0.0270. The third kappa shape index (κ3) is 39.4. The molecule has 0 aliphatic rings. The number of esters is 2. The molecule has 0 aromatic rings. The lowest BCUT2D eigenvalue weighted by Gasteiger charge is -2.19. The Labute approximate surface area is 329 Å². The van der Waals surface area contributed by atoms with Crippen LogP contribution < -0.4 is 5.73 Å². The van der Waals surface area contributed by atoms with E-state index in [0.29, 0.717) is 12.8 Å². The summed E-state index contributed by atoms with van der Waals surface area (Å²) in [7, 11) is -4.39. The summed E-state index contributed by atoms with van der Waals surface area (Å²) >= 11 is 0. The first-order valence-electron chi connectivity index (χ1n) is 21.3. The Balaban J connectivity index is 4.26. The van der Waals surface area contributed by atoms with Crippen LogP contribution in [0.1, 0.15) is 174 Å². The predicted molar refractivity (Wildman–Crippen MR) is 224 cm³/mol. The number of allylic oxidation sites excluding steroid dienone is 10. The molecule has 0 heterocycles. The second-order valence-electron chi connectivity index (χ2n) is 13.8. The molecule has 0 bridgehead atoms. The Kier molecular flexibility index (Phi) is 38.7. The van der Waals surface area contributed by atoms with E-state index in [1.54, 1.807) is 0 Å². The molecule has 0 fully saturated rings. The van der Waals surface area contributed by atoms with Gasteiger partial charge < -0.3 is 20.1 Å². The molecule has 0 aliphatic heterocycles. The molecule has 0 spiro atoms. The molecule has 0 rings (SSSR count). The van der Waals surface area contributed by atoms with Gasteiger partial charge in [0.25, 0.3) is 0 Å². The summed E-state index contributed by atoms with van der Waals surface area (Å²) in [6, 6.07) is 0. The molecule has 10 heteroatoms. The molecule has 9 nitrogen and oxygen atoms in total. The molecule has 2 atom stereocenters. The van der Waals surface area contributed by atoms with Crippen LogP contribution in [0.2, 0.25) is 0 Å². The van der Waals surface area contributed by atoms with Crippen LogP contribution in [0.3, 0.4) is 0 Å². The largest absolute Gasteiger partial charge is 0.472 e. The van der Waals surface area contributed by atoms with E-state index in [-0.39, 0.29) is 32.6 Å². The highest BCUT2D eigenvalue weighted by Crippen LogP contribution is 2.43. The van der Waals surface area contributed by atoms with Gasteiger partial charge in [-0.15, -0.1) is 0 Å². The molecule has 0 aliphatic carbocycles. The Bertz CT molecular complexity index is 1070. The maximum atomic E-state index is 12.5. The lowest BCUT2D eigenvalue weighted by atomic mass is 10.0. The first-order valence-corrected chi connectivity index (χ1v) is 22.8. The number of nitrogens with two attached hydrogens (primary N) is 1. The van der Waals surface area contributed by atoms with Crippen LogP contribution in [0.25, 0.3) is 0 Å². The lowest BCUT2D eigenvalue weighted by Crippen LogP contribution is -2.29. The first-order chi connectivity index (χ1) is 26.3. The van der Waals surface area contributed by atoms with Crippen molar-refractivity contribution in [3.63, 3.8) is 0 Å². The molecule has 0 aromatic heterocycles. The topological polar surface area (TPSA) is 134 Å². The van der Waals surface area contributed by atoms with Crippen LogP contribution >= 0.6 is 7.82 Å². The van der Waals surface area contributed by atoms with Gasteiger partial charge in [-0.05, 0) is 51.4 Å². The molecule has 3 N–H and O–H groups in total. The van der Waals surface area contributed by atoms with Crippen molar-refractivity contribution in [2.75, 3.05) is 26.4 Å². The molecule has 0 aromatic carbocycles. The highest BCUT2D eigenvalue weighted by atomic mass is 31.2. The smallest absolute Gasteiger partial charge is 0.462 e. The van der Waals surface area contributed by atoms with Gasteiger partial charge in [-0.1, -0.05) is 171 Å². The summed E-state index contributed by atoms with van der Waals surface area (Å²) in [5.74, 6) is -0.896. The van der Waals surface area contributed by atoms with Crippen molar-refractivity contribution in [2.24, 2.45) is 5.73 Å². The van der Waals surface area contributed by atoms with Gasteiger partial charge in [-0.2, -0.15) is 0 Å². The second-order valence-corrected chi connectivity index (χ2v) is 15.3. The molecule has 0 saturated heterocycles. The van der Waals surface area contributed by atoms with Gasteiger partial charge >= 0.3 is 19.8 Å². The zero-order valence-electron chi connectivity index (χ0n) is 34.2. The first kappa shape index (κ1) is 51.7. The molecule has 0 radical (unpaired) electrons. The average Bonchev–Trinajstić information content (AvgIpc) is 3.16. The Hall–Kier alpha value is -2.29. The Morgan fingerprint density at radius 2 is 1.02 bits per heavy atom. The highest BCUT2D eigenvalue weighted by molar-refractivity contribution is 7.47. The lowest BCUT2D eigenvalue weighted by molar-refractivity contribution is -0.161. The number of hydrogen-bond acceptors (Lipinski definition) is 8. The fourth-order valence-electron chi connectivity index (χ4n) is 5.55. The van der Waals surface area contributed by atoms with Crippen molar-refractivity contribution in [1.82, 2.24) is 0 Å². The van der Waals surface area contributed by atoms with Crippen molar-refractivity contribution in [3.05, 3.63) is 60.8 Å². The number of hydrogen-bond donors (Lipinski definition) is 2. The average molecular weight is 780 g/mol. The van der Waals surface area contributed by atoms with E-state index < -0.39 is 32.5 Å². The zero-order valence-corrected chi connectivity index (χ0v) is 35.1. The van der Waals surface area contributed by atoms with Crippen LogP contribution in [0.4, 0.5) is 0 Å². The number of rotatable bonds is 39. The fraction of sp³-hybridized carbons (Fsp3) is 0.727. The maximum Gasteiger partial charge on any atom is 0.472 e. The van der Waals surface area contributed by atoms with E-state index in [2.05, 4.69) is 68.5 Å². The van der Waals surface area contributed by atoms with Crippen molar-refractivity contribution < 1.29 is 37.6 Å². The molecule has 0 amide bonds. The number of carbonyl (C=O) groups is 2. The number of ether oxygens (including phenoxy) is 2. The van der Waals surface area contributed by atoms with Gasteiger partial charge in [0.15, 0.2) is 6.10 Å². The minimum atomic E-state index is -4.39. The molecule has 312 valence electrons. The SMILES string of the molecule is CC/C=C\C/C=C\C/C=C\C/C=C\C/C=C\CCCC(=O)O[C@H](COC(=O)CCCCCCCCCCCCCCCCCC)COP(=O)(O)OCCN. The number of unbranched alkanes of at least 4 members (excludes halogenated alkanes) is 16. The van der Waals surface area contributed by atoms with Crippen molar-refractivity contribution in [1.29, 1.82) is 0 Å². The van der Waals surface area contributed by atoms with Gasteiger partial charge in [-0.3, -0.25) is 18.6 Å². The Morgan fingerprint density at radius 1 is 0.574 bits per heavy atom. The number of carbonyl (C=O) groups excluding carboxylic acids is 2. The van der Waals surface area contributed by atoms with Crippen molar-refractivity contribution >= 4 is 19.8 Å². The summed E-state index contributed by atoms with van der Waals surface area (Å²) < 4.78 is 32.7. The second kappa shape index (κ2) is 40.4. The van der Waals surface area contributed by atoms with Gasteiger partial charge in [-0.25, -0.2) is 4.57 Å². The van der Waals surface area contributed by atoms with E-state index in [4.69, 9.17) is 24.3 Å². The molecular formula is C44H78NO8P. The summed E-state index contributed by atoms with van der Waals surface area (Å²) in [5.41, 5.74) is 5.34. The molecular weight excluding hydrogens is 701 g/mol. The third-order valence-corrected chi connectivity index (χ3v) is 9.65. The fourth-order valence-corrected chi connectivity index (χ4v) is 6.32. The van der Waals surface area contributed by atoms with Crippen LogP contribution in [0, 0.1) is 0 Å². The van der Waals surface area contributed by atoms with E-state index in [1.165, 1.54) is 83.5 Å². The van der Waals surface area contributed by atoms with E-state index in [0.717, 1.165) is 51.4 Å². The number of phosphoric ester groups is 1. The van der Waals surface area contributed by atoms with Gasteiger partial charge in [0.05, 0.1) is 13.2 Å². The van der Waals surface area contributed by atoms with Gasteiger partial charge in [0, 0.05) is 19.4 Å². The normalized spacial score (nSPS) is 13.9. The van der Waals surface area contributed by atoms with E-state index in [1.807, 2.05) is 6.08 Å². The maximum absolute atomic E-state index is 12.5. The standard InChI is InChI=1S/C44H78NO8P/c1-3-5-7-9-11-13-15-17-19-21-23-25-27-29-31-33-35-37-44(47)53-42(41-52-54(48,49)51-39-38-45)40-50-43(46)36-34-32-30-28-26-24-22-20-18-16-14-12-10-8-6-4-2/h5,7,11,13,17,19,23,25,29,31,42H,3-4,6,8-10,12,14-16,18,20-22,24,26-28,30,32-41,45H2,1-2H3,(H,48,49)/b7-5-,13-11-,19-17-,25-23-,31-29-/t42-/m1/s1. The third-order valence-electron chi connectivity index (χ3n) is 8.67. The summed E-state index contributed by atoms with van der Waals surface area (Å²) in [4.78, 5) is 34.8. The van der Waals surface area contributed by atoms with Crippen molar-refractivity contribution in [2.45, 2.75) is 180 Å². The molecule has 0 saturated carbocycles.